The van der Waals surface area contributed by atoms with Crippen LogP contribution >= 0.6 is 0 Å². The molecule has 1 aromatic rings. The van der Waals surface area contributed by atoms with E-state index in [9.17, 15) is 0 Å². The third-order valence-corrected chi connectivity index (χ3v) is 3.13. The Bertz CT molecular complexity index is 281. The SMILES string of the molecule is CCC1(C)CNC1c1cncnc1. The molecule has 0 aliphatic carbocycles. The smallest absolute Gasteiger partial charge is 0.115 e. The minimum absolute atomic E-state index is 0.394. The maximum absolute atomic E-state index is 4.04. The highest BCUT2D eigenvalue weighted by Crippen LogP contribution is 2.42. The second-order valence-corrected chi connectivity index (χ2v) is 3.99. The van der Waals surface area contributed by atoms with Crippen LogP contribution in [0.4, 0.5) is 0 Å². The molecule has 0 amide bonds. The Morgan fingerprint density at radius 1 is 1.54 bits per heavy atom. The summed E-state index contributed by atoms with van der Waals surface area (Å²) in [5.41, 5.74) is 1.60. The van der Waals surface area contributed by atoms with Gasteiger partial charge in [0.15, 0.2) is 0 Å². The molecular weight excluding hydrogens is 162 g/mol. The van der Waals surface area contributed by atoms with Gasteiger partial charge < -0.3 is 5.32 Å². The summed E-state index contributed by atoms with van der Waals surface area (Å²) in [5.74, 6) is 0. The van der Waals surface area contributed by atoms with Gasteiger partial charge in [0.25, 0.3) is 0 Å². The van der Waals surface area contributed by atoms with E-state index in [0.29, 0.717) is 11.5 Å². The second-order valence-electron chi connectivity index (χ2n) is 3.99. The van der Waals surface area contributed by atoms with Crippen molar-refractivity contribution in [2.75, 3.05) is 6.54 Å². The molecule has 1 aliphatic rings. The topological polar surface area (TPSA) is 37.8 Å². The van der Waals surface area contributed by atoms with Gasteiger partial charge in [0.2, 0.25) is 0 Å². The zero-order valence-electron chi connectivity index (χ0n) is 8.12. The van der Waals surface area contributed by atoms with Crippen molar-refractivity contribution in [3.05, 3.63) is 24.3 Å². The van der Waals surface area contributed by atoms with Gasteiger partial charge in [-0.25, -0.2) is 9.97 Å². The van der Waals surface area contributed by atoms with Gasteiger partial charge in [0.1, 0.15) is 6.33 Å². The van der Waals surface area contributed by atoms with Gasteiger partial charge in [0.05, 0.1) is 0 Å². The normalized spacial score (nSPS) is 32.6. The predicted molar refractivity (Wildman–Crippen MR) is 51.2 cm³/mol. The molecule has 2 heterocycles. The summed E-state index contributed by atoms with van der Waals surface area (Å²) in [6, 6.07) is 0.443. The summed E-state index contributed by atoms with van der Waals surface area (Å²) in [4.78, 5) is 8.07. The van der Waals surface area contributed by atoms with Crippen LogP contribution in [0.5, 0.6) is 0 Å². The summed E-state index contributed by atoms with van der Waals surface area (Å²) in [6.45, 7) is 5.64. The summed E-state index contributed by atoms with van der Waals surface area (Å²) in [6.07, 6.45) is 6.57. The molecule has 3 nitrogen and oxygen atoms in total. The molecule has 1 N–H and O–H groups in total. The van der Waals surface area contributed by atoms with Gasteiger partial charge in [0, 0.05) is 30.5 Å². The number of rotatable bonds is 2. The summed E-state index contributed by atoms with van der Waals surface area (Å²) < 4.78 is 0. The van der Waals surface area contributed by atoms with Crippen LogP contribution in [0.15, 0.2) is 18.7 Å². The van der Waals surface area contributed by atoms with Gasteiger partial charge in [-0.3, -0.25) is 0 Å². The Labute approximate surface area is 78.6 Å². The third-order valence-electron chi connectivity index (χ3n) is 3.13. The fourth-order valence-electron chi connectivity index (χ4n) is 1.86. The van der Waals surface area contributed by atoms with Crippen LogP contribution in [-0.2, 0) is 0 Å². The van der Waals surface area contributed by atoms with E-state index >= 15 is 0 Å². The van der Waals surface area contributed by atoms with Gasteiger partial charge in [-0.2, -0.15) is 0 Å². The molecule has 3 heteroatoms. The van der Waals surface area contributed by atoms with Crippen LogP contribution in [0.3, 0.4) is 0 Å². The first-order valence-corrected chi connectivity index (χ1v) is 4.74. The van der Waals surface area contributed by atoms with Crippen LogP contribution in [-0.4, -0.2) is 16.5 Å². The van der Waals surface area contributed by atoms with Crippen molar-refractivity contribution in [1.29, 1.82) is 0 Å². The Morgan fingerprint density at radius 2 is 2.23 bits per heavy atom. The van der Waals surface area contributed by atoms with E-state index in [2.05, 4.69) is 29.1 Å². The first kappa shape index (κ1) is 8.63. The number of aromatic nitrogens is 2. The minimum atomic E-state index is 0.394. The molecule has 1 aromatic heterocycles. The standard InChI is InChI=1S/C10H15N3/c1-3-10(2)6-13-9(10)8-4-11-7-12-5-8/h4-5,7,9,13H,3,6H2,1-2H3. The number of nitrogens with zero attached hydrogens (tertiary/aromatic N) is 2. The molecule has 0 radical (unpaired) electrons. The summed E-state index contributed by atoms with van der Waals surface area (Å²) in [7, 11) is 0. The fourth-order valence-corrected chi connectivity index (χ4v) is 1.86. The molecule has 1 aliphatic heterocycles. The largest absolute Gasteiger partial charge is 0.309 e. The van der Waals surface area contributed by atoms with Gasteiger partial charge in [-0.15, -0.1) is 0 Å². The highest BCUT2D eigenvalue weighted by atomic mass is 15.0. The first-order valence-electron chi connectivity index (χ1n) is 4.74. The lowest BCUT2D eigenvalue weighted by atomic mass is 9.71. The van der Waals surface area contributed by atoms with Gasteiger partial charge >= 0.3 is 0 Å². The lowest BCUT2D eigenvalue weighted by Gasteiger charge is -2.47. The fraction of sp³-hybridized carbons (Fsp3) is 0.600. The molecule has 2 unspecified atom stereocenters. The van der Waals surface area contributed by atoms with E-state index in [1.807, 2.05) is 12.4 Å². The monoisotopic (exact) mass is 177 g/mol. The first-order chi connectivity index (χ1) is 6.26. The minimum Gasteiger partial charge on any atom is -0.309 e. The maximum atomic E-state index is 4.04. The van der Waals surface area contributed by atoms with E-state index in [-0.39, 0.29) is 0 Å². The van der Waals surface area contributed by atoms with Crippen molar-refractivity contribution >= 4 is 0 Å². The Kier molecular flexibility index (Phi) is 2.04. The van der Waals surface area contributed by atoms with Crippen molar-refractivity contribution in [3.63, 3.8) is 0 Å². The highest BCUT2D eigenvalue weighted by molar-refractivity contribution is 5.18. The molecule has 0 bridgehead atoms. The number of hydrogen-bond acceptors (Lipinski definition) is 3. The summed E-state index contributed by atoms with van der Waals surface area (Å²) in [5, 5.41) is 3.42. The Balaban J connectivity index is 2.20. The van der Waals surface area contributed by atoms with Crippen LogP contribution in [0.1, 0.15) is 31.9 Å². The molecule has 0 aromatic carbocycles. The van der Waals surface area contributed by atoms with E-state index < -0.39 is 0 Å². The Hall–Kier alpha value is -0.960. The van der Waals surface area contributed by atoms with Crippen molar-refractivity contribution in [2.45, 2.75) is 26.3 Å². The number of hydrogen-bond donors (Lipinski definition) is 1. The molecule has 70 valence electrons. The maximum Gasteiger partial charge on any atom is 0.115 e. The van der Waals surface area contributed by atoms with Gasteiger partial charge in [-0.1, -0.05) is 13.8 Å². The quantitative estimate of drug-likeness (QED) is 0.744. The predicted octanol–water partition coefficient (Wildman–Crippen LogP) is 1.54. The van der Waals surface area contributed by atoms with Crippen LogP contribution < -0.4 is 5.32 Å². The molecule has 0 saturated carbocycles. The van der Waals surface area contributed by atoms with E-state index in [0.717, 1.165) is 6.54 Å². The second kappa shape index (κ2) is 3.07. The van der Waals surface area contributed by atoms with Crippen molar-refractivity contribution < 1.29 is 0 Å². The van der Waals surface area contributed by atoms with Crippen molar-refractivity contribution in [1.82, 2.24) is 15.3 Å². The zero-order chi connectivity index (χ0) is 9.31. The van der Waals surface area contributed by atoms with Gasteiger partial charge in [-0.05, 0) is 11.8 Å². The van der Waals surface area contributed by atoms with Crippen LogP contribution in [0, 0.1) is 5.41 Å². The lowest BCUT2D eigenvalue weighted by Crippen LogP contribution is -2.53. The molecule has 2 atom stereocenters. The van der Waals surface area contributed by atoms with E-state index in [1.54, 1.807) is 6.33 Å². The van der Waals surface area contributed by atoms with Crippen molar-refractivity contribution in [2.24, 2.45) is 5.41 Å². The number of nitrogens with one attached hydrogen (secondary N) is 1. The third kappa shape index (κ3) is 1.33. The molecule has 1 fully saturated rings. The zero-order valence-corrected chi connectivity index (χ0v) is 8.12. The average Bonchev–Trinajstić information content (AvgIpc) is 2.17. The molecule has 1 saturated heterocycles. The van der Waals surface area contributed by atoms with E-state index in [1.165, 1.54) is 12.0 Å². The molecular formula is C10H15N3. The highest BCUT2D eigenvalue weighted by Gasteiger charge is 2.41. The molecule has 0 spiro atoms. The lowest BCUT2D eigenvalue weighted by molar-refractivity contribution is 0.0984. The molecule has 2 rings (SSSR count). The van der Waals surface area contributed by atoms with Crippen molar-refractivity contribution in [3.8, 4) is 0 Å². The van der Waals surface area contributed by atoms with E-state index in [4.69, 9.17) is 0 Å². The average molecular weight is 177 g/mol. The molecule has 13 heavy (non-hydrogen) atoms. The summed E-state index contributed by atoms with van der Waals surface area (Å²) >= 11 is 0. The van der Waals surface area contributed by atoms with Crippen LogP contribution in [0.2, 0.25) is 0 Å². The van der Waals surface area contributed by atoms with Crippen LogP contribution in [0.25, 0.3) is 0 Å². The Morgan fingerprint density at radius 3 is 2.69 bits per heavy atom.